The van der Waals surface area contributed by atoms with Gasteiger partial charge in [0, 0.05) is 12.6 Å². The highest BCUT2D eigenvalue weighted by atomic mass is 16.6. The normalized spacial score (nSPS) is 21.1. The van der Waals surface area contributed by atoms with E-state index in [1.165, 1.54) is 0 Å². The van der Waals surface area contributed by atoms with Gasteiger partial charge in [-0.1, -0.05) is 0 Å². The fraction of sp³-hybridized carbons (Fsp3) is 0.909. The third kappa shape index (κ3) is 3.73. The molecule has 94 valence electrons. The molecule has 0 radical (unpaired) electrons. The largest absolute Gasteiger partial charge is 0.376 e. The number of rotatable bonds is 5. The number of carbonyl (C=O) groups is 1. The Bertz CT molecular complexity index is 215. The zero-order valence-electron chi connectivity index (χ0n) is 10.1. The van der Waals surface area contributed by atoms with Crippen LogP contribution in [0.15, 0.2) is 0 Å². The van der Waals surface area contributed by atoms with Gasteiger partial charge >= 0.3 is 0 Å². The highest BCUT2D eigenvalue weighted by molar-refractivity contribution is 5.81. The molecule has 0 spiro atoms. The van der Waals surface area contributed by atoms with Crippen molar-refractivity contribution in [1.29, 1.82) is 0 Å². The predicted molar refractivity (Wildman–Crippen MR) is 61.1 cm³/mol. The summed E-state index contributed by atoms with van der Waals surface area (Å²) < 4.78 is 10.6. The Kier molecular flexibility index (Phi) is 5.73. The number of nitrogens with two attached hydrogens (primary N) is 1. The lowest BCUT2D eigenvalue weighted by Crippen LogP contribution is -2.48. The van der Waals surface area contributed by atoms with Gasteiger partial charge in [0.25, 0.3) is 5.91 Å². The van der Waals surface area contributed by atoms with Gasteiger partial charge in [0.15, 0.2) is 6.10 Å². The molecular formula is C11H22N2O3. The molecule has 0 bridgehead atoms. The Morgan fingerprint density at radius 3 is 2.75 bits per heavy atom. The summed E-state index contributed by atoms with van der Waals surface area (Å²) in [4.78, 5) is 13.9. The summed E-state index contributed by atoms with van der Waals surface area (Å²) in [5.41, 5.74) is 5.46. The van der Waals surface area contributed by atoms with E-state index in [1.54, 1.807) is 0 Å². The molecule has 1 saturated heterocycles. The SMILES string of the molecule is CC(C)N(CCCN)C(=O)C1COCCO1. The molecule has 16 heavy (non-hydrogen) atoms. The van der Waals surface area contributed by atoms with E-state index in [4.69, 9.17) is 15.2 Å². The Balaban J connectivity index is 2.51. The van der Waals surface area contributed by atoms with Crippen molar-refractivity contribution in [3.8, 4) is 0 Å². The summed E-state index contributed by atoms with van der Waals surface area (Å²) in [5, 5.41) is 0. The highest BCUT2D eigenvalue weighted by Gasteiger charge is 2.28. The number of nitrogens with zero attached hydrogens (tertiary/aromatic N) is 1. The lowest BCUT2D eigenvalue weighted by atomic mass is 10.2. The van der Waals surface area contributed by atoms with Crippen LogP contribution < -0.4 is 5.73 Å². The van der Waals surface area contributed by atoms with Crippen LogP contribution in [0.3, 0.4) is 0 Å². The molecule has 0 aromatic heterocycles. The van der Waals surface area contributed by atoms with Gasteiger partial charge < -0.3 is 20.1 Å². The fourth-order valence-electron chi connectivity index (χ4n) is 1.70. The van der Waals surface area contributed by atoms with E-state index < -0.39 is 6.10 Å². The van der Waals surface area contributed by atoms with Gasteiger partial charge in [-0.15, -0.1) is 0 Å². The first-order chi connectivity index (χ1) is 7.66. The molecule has 1 rings (SSSR count). The lowest BCUT2D eigenvalue weighted by molar-refractivity contribution is -0.159. The standard InChI is InChI=1S/C11H22N2O3/c1-9(2)13(5-3-4-12)11(14)10-8-15-6-7-16-10/h9-10H,3-8,12H2,1-2H3. The van der Waals surface area contributed by atoms with Crippen molar-refractivity contribution in [1.82, 2.24) is 4.90 Å². The fourth-order valence-corrected chi connectivity index (χ4v) is 1.70. The molecule has 1 aliphatic rings. The van der Waals surface area contributed by atoms with Crippen LogP contribution in [0.5, 0.6) is 0 Å². The molecule has 0 saturated carbocycles. The summed E-state index contributed by atoms with van der Waals surface area (Å²) in [6.07, 6.45) is 0.381. The molecule has 1 heterocycles. The molecule has 0 aliphatic carbocycles. The Morgan fingerprint density at radius 2 is 2.25 bits per heavy atom. The molecule has 1 unspecified atom stereocenters. The molecule has 1 aliphatic heterocycles. The van der Waals surface area contributed by atoms with Crippen molar-refractivity contribution in [3.63, 3.8) is 0 Å². The number of hydrogen-bond donors (Lipinski definition) is 1. The van der Waals surface area contributed by atoms with Crippen LogP contribution in [-0.4, -0.2) is 55.9 Å². The third-order valence-electron chi connectivity index (χ3n) is 2.60. The molecule has 0 aromatic carbocycles. The van der Waals surface area contributed by atoms with E-state index in [-0.39, 0.29) is 11.9 Å². The van der Waals surface area contributed by atoms with E-state index in [1.807, 2.05) is 18.7 Å². The van der Waals surface area contributed by atoms with E-state index in [0.717, 1.165) is 6.42 Å². The van der Waals surface area contributed by atoms with E-state index in [2.05, 4.69) is 0 Å². The maximum absolute atomic E-state index is 12.1. The van der Waals surface area contributed by atoms with E-state index >= 15 is 0 Å². The Morgan fingerprint density at radius 1 is 1.50 bits per heavy atom. The first-order valence-electron chi connectivity index (χ1n) is 5.86. The zero-order valence-corrected chi connectivity index (χ0v) is 10.1. The molecule has 5 heteroatoms. The van der Waals surface area contributed by atoms with Crippen LogP contribution in [0, 0.1) is 0 Å². The topological polar surface area (TPSA) is 64.8 Å². The number of ether oxygens (including phenoxy) is 2. The van der Waals surface area contributed by atoms with Gasteiger partial charge in [-0.3, -0.25) is 4.79 Å². The van der Waals surface area contributed by atoms with E-state index in [0.29, 0.717) is 32.9 Å². The maximum atomic E-state index is 12.1. The summed E-state index contributed by atoms with van der Waals surface area (Å²) in [6.45, 7) is 6.72. The summed E-state index contributed by atoms with van der Waals surface area (Å²) >= 11 is 0. The van der Waals surface area contributed by atoms with Crippen LogP contribution in [-0.2, 0) is 14.3 Å². The molecule has 2 N–H and O–H groups in total. The minimum absolute atomic E-state index is 0.0168. The quantitative estimate of drug-likeness (QED) is 0.721. The van der Waals surface area contributed by atoms with Crippen molar-refractivity contribution in [2.45, 2.75) is 32.4 Å². The van der Waals surface area contributed by atoms with Gasteiger partial charge in [-0.2, -0.15) is 0 Å². The predicted octanol–water partition coefficient (Wildman–Crippen LogP) is -0.0124. The summed E-state index contributed by atoms with van der Waals surface area (Å²) in [7, 11) is 0. The van der Waals surface area contributed by atoms with Gasteiger partial charge in [-0.25, -0.2) is 0 Å². The summed E-state index contributed by atoms with van der Waals surface area (Å²) in [5.74, 6) is 0.0168. The van der Waals surface area contributed by atoms with Crippen LogP contribution in [0.1, 0.15) is 20.3 Å². The minimum Gasteiger partial charge on any atom is -0.376 e. The van der Waals surface area contributed by atoms with Crippen LogP contribution in [0.4, 0.5) is 0 Å². The van der Waals surface area contributed by atoms with Crippen LogP contribution in [0.25, 0.3) is 0 Å². The monoisotopic (exact) mass is 230 g/mol. The minimum atomic E-state index is -0.436. The van der Waals surface area contributed by atoms with Crippen molar-refractivity contribution >= 4 is 5.91 Å². The Labute approximate surface area is 96.9 Å². The molecule has 1 atom stereocenters. The average Bonchev–Trinajstić information content (AvgIpc) is 2.30. The smallest absolute Gasteiger partial charge is 0.254 e. The molecule has 0 aromatic rings. The van der Waals surface area contributed by atoms with Crippen molar-refractivity contribution in [3.05, 3.63) is 0 Å². The second kappa shape index (κ2) is 6.83. The van der Waals surface area contributed by atoms with Crippen LogP contribution >= 0.6 is 0 Å². The van der Waals surface area contributed by atoms with Crippen molar-refractivity contribution in [2.24, 2.45) is 5.73 Å². The third-order valence-corrected chi connectivity index (χ3v) is 2.60. The van der Waals surface area contributed by atoms with Gasteiger partial charge in [0.1, 0.15) is 0 Å². The Hall–Kier alpha value is -0.650. The molecule has 1 fully saturated rings. The second-order valence-electron chi connectivity index (χ2n) is 4.20. The highest BCUT2D eigenvalue weighted by Crippen LogP contribution is 2.09. The zero-order chi connectivity index (χ0) is 12.0. The van der Waals surface area contributed by atoms with Gasteiger partial charge in [-0.05, 0) is 26.8 Å². The van der Waals surface area contributed by atoms with Gasteiger partial charge in [0.05, 0.1) is 19.8 Å². The first kappa shape index (κ1) is 13.4. The van der Waals surface area contributed by atoms with Crippen molar-refractivity contribution in [2.75, 3.05) is 32.9 Å². The van der Waals surface area contributed by atoms with E-state index in [9.17, 15) is 4.79 Å². The van der Waals surface area contributed by atoms with Crippen molar-refractivity contribution < 1.29 is 14.3 Å². The van der Waals surface area contributed by atoms with Gasteiger partial charge in [0.2, 0.25) is 0 Å². The average molecular weight is 230 g/mol. The molecular weight excluding hydrogens is 208 g/mol. The number of carbonyl (C=O) groups excluding carboxylic acids is 1. The number of hydrogen-bond acceptors (Lipinski definition) is 4. The molecule has 1 amide bonds. The first-order valence-corrected chi connectivity index (χ1v) is 5.86. The van der Waals surface area contributed by atoms with Crippen LogP contribution in [0.2, 0.25) is 0 Å². The molecule has 5 nitrogen and oxygen atoms in total. The second-order valence-corrected chi connectivity index (χ2v) is 4.20. The lowest BCUT2D eigenvalue weighted by Gasteiger charge is -2.32. The summed E-state index contributed by atoms with van der Waals surface area (Å²) in [6, 6.07) is 0.171. The number of amides is 1. The maximum Gasteiger partial charge on any atom is 0.254 e.